The van der Waals surface area contributed by atoms with Crippen LogP contribution in [-0.4, -0.2) is 90.9 Å². The largest absolute Gasteiger partial charge is 0.495 e. The van der Waals surface area contributed by atoms with E-state index in [4.69, 9.17) is 9.73 Å². The predicted molar refractivity (Wildman–Crippen MR) is 156 cm³/mol. The van der Waals surface area contributed by atoms with Gasteiger partial charge < -0.3 is 30.1 Å². The molecule has 0 radical (unpaired) electrons. The first kappa shape index (κ1) is 27.1. The molecule has 4 fully saturated rings. The van der Waals surface area contributed by atoms with Crippen molar-refractivity contribution in [2.75, 3.05) is 46.2 Å². The van der Waals surface area contributed by atoms with Gasteiger partial charge in [0.1, 0.15) is 17.2 Å². The van der Waals surface area contributed by atoms with E-state index < -0.39 is 5.66 Å². The molecule has 2 amide bonds. The molecule has 9 heteroatoms. The molecule has 216 valence electrons. The van der Waals surface area contributed by atoms with Gasteiger partial charge >= 0.3 is 0 Å². The second kappa shape index (κ2) is 10.7. The van der Waals surface area contributed by atoms with Crippen LogP contribution in [-0.2, 0) is 4.79 Å². The Morgan fingerprint density at radius 2 is 1.85 bits per heavy atom. The number of hydrogen-bond donors (Lipinski definition) is 2. The fourth-order valence-electron chi connectivity index (χ4n) is 6.97. The number of likely N-dealkylation sites (tertiary alicyclic amines) is 1. The minimum atomic E-state index is -0.464. The highest BCUT2D eigenvalue weighted by molar-refractivity contribution is 6.04. The van der Waals surface area contributed by atoms with Crippen molar-refractivity contribution in [3.05, 3.63) is 35.5 Å². The molecule has 2 saturated carbocycles. The molecular formula is C31H44N6O3. The number of rotatable bonds is 6. The second-order valence-electron chi connectivity index (χ2n) is 12.6. The minimum absolute atomic E-state index is 0.0595. The molecule has 0 spiro atoms. The van der Waals surface area contributed by atoms with Crippen molar-refractivity contribution in [1.29, 1.82) is 0 Å². The standard InChI is InChI=1S/C31H44N6O3/c1-20-19-37(24-8-6-5-7-9-24)28-26(36(3)30(20)39)17-22-18-31(22,34-28)33-25-11-10-21(16-27(25)40-4)29(38)32-23-12-14-35(2)15-13-23/h10-11,16-17,20,22-24,33H,5-9,12-15,18-19H2,1-4H3,(H,32,38). The van der Waals surface area contributed by atoms with Gasteiger partial charge in [0, 0.05) is 43.6 Å². The third-order valence-electron chi connectivity index (χ3n) is 9.62. The van der Waals surface area contributed by atoms with Crippen molar-refractivity contribution in [1.82, 2.24) is 20.0 Å². The number of amidine groups is 1. The van der Waals surface area contributed by atoms with Gasteiger partial charge in [-0.05, 0) is 70.1 Å². The number of carbonyl (C=O) groups excluding carboxylic acids is 2. The first-order valence-corrected chi connectivity index (χ1v) is 15.1. The summed E-state index contributed by atoms with van der Waals surface area (Å²) in [4.78, 5) is 38.1. The Kier molecular flexibility index (Phi) is 7.27. The summed E-state index contributed by atoms with van der Waals surface area (Å²) in [5, 5.41) is 6.89. The number of amides is 2. The number of nitrogens with zero attached hydrogens (tertiary/aromatic N) is 4. The minimum Gasteiger partial charge on any atom is -0.495 e. The molecule has 40 heavy (non-hydrogen) atoms. The zero-order valence-corrected chi connectivity index (χ0v) is 24.4. The van der Waals surface area contributed by atoms with E-state index in [2.05, 4.69) is 33.6 Å². The summed E-state index contributed by atoms with van der Waals surface area (Å²) < 4.78 is 5.76. The van der Waals surface area contributed by atoms with Crippen molar-refractivity contribution in [3.8, 4) is 5.75 Å². The average molecular weight is 549 g/mol. The van der Waals surface area contributed by atoms with Gasteiger partial charge in [-0.2, -0.15) is 0 Å². The van der Waals surface area contributed by atoms with E-state index in [-0.39, 0.29) is 29.7 Å². The number of aliphatic imine (C=N–C) groups is 1. The van der Waals surface area contributed by atoms with E-state index in [0.29, 0.717) is 23.9 Å². The molecule has 5 aliphatic rings. The average Bonchev–Trinajstić information content (AvgIpc) is 3.69. The Labute approximate surface area is 238 Å². The molecule has 6 rings (SSSR count). The first-order chi connectivity index (χ1) is 19.3. The number of methoxy groups -OCH3 is 1. The van der Waals surface area contributed by atoms with E-state index in [9.17, 15) is 9.59 Å². The van der Waals surface area contributed by atoms with E-state index in [1.807, 2.05) is 37.1 Å². The number of nitrogens with one attached hydrogen (secondary N) is 2. The van der Waals surface area contributed by atoms with Gasteiger partial charge in [0.25, 0.3) is 5.91 Å². The normalized spacial score (nSPS) is 29.6. The Balaban J connectivity index is 1.24. The smallest absolute Gasteiger partial charge is 0.251 e. The maximum Gasteiger partial charge on any atom is 0.251 e. The maximum atomic E-state index is 13.2. The number of carbonyl (C=O) groups is 2. The van der Waals surface area contributed by atoms with Crippen LogP contribution in [0.15, 0.2) is 35.0 Å². The van der Waals surface area contributed by atoms with Gasteiger partial charge in [-0.1, -0.05) is 26.2 Å². The van der Waals surface area contributed by atoms with Crippen LogP contribution in [0.4, 0.5) is 5.69 Å². The van der Waals surface area contributed by atoms with Gasteiger partial charge in [-0.25, -0.2) is 4.99 Å². The van der Waals surface area contributed by atoms with Crippen LogP contribution in [0, 0.1) is 11.8 Å². The molecule has 3 heterocycles. The molecule has 0 aromatic heterocycles. The highest BCUT2D eigenvalue weighted by Gasteiger charge is 2.58. The lowest BCUT2D eigenvalue weighted by Gasteiger charge is -2.38. The van der Waals surface area contributed by atoms with Crippen molar-refractivity contribution >= 4 is 23.3 Å². The monoisotopic (exact) mass is 548 g/mol. The van der Waals surface area contributed by atoms with E-state index >= 15 is 0 Å². The molecule has 3 unspecified atom stereocenters. The Bertz CT molecular complexity index is 1220. The van der Waals surface area contributed by atoms with Gasteiger partial charge in [0.15, 0.2) is 0 Å². The quantitative estimate of drug-likeness (QED) is 0.564. The predicted octanol–water partition coefficient (Wildman–Crippen LogP) is 3.69. The highest BCUT2D eigenvalue weighted by Crippen LogP contribution is 2.53. The molecule has 1 aromatic rings. The third kappa shape index (κ3) is 5.08. The summed E-state index contributed by atoms with van der Waals surface area (Å²) in [6, 6.07) is 6.26. The molecule has 3 atom stereocenters. The van der Waals surface area contributed by atoms with Crippen LogP contribution in [0.5, 0.6) is 5.75 Å². The van der Waals surface area contributed by atoms with E-state index in [1.54, 1.807) is 7.11 Å². The fourth-order valence-corrected chi connectivity index (χ4v) is 6.97. The van der Waals surface area contributed by atoms with Gasteiger partial charge in [0.2, 0.25) is 5.91 Å². The summed E-state index contributed by atoms with van der Waals surface area (Å²) in [6.45, 7) is 4.74. The number of hydrogen-bond acceptors (Lipinski definition) is 7. The summed E-state index contributed by atoms with van der Waals surface area (Å²) in [5.74, 6) is 1.80. The van der Waals surface area contributed by atoms with Gasteiger partial charge in [0.05, 0.1) is 24.4 Å². The molecule has 2 aliphatic carbocycles. The zero-order valence-electron chi connectivity index (χ0n) is 24.4. The van der Waals surface area contributed by atoms with Crippen LogP contribution >= 0.6 is 0 Å². The highest BCUT2D eigenvalue weighted by atomic mass is 16.5. The summed E-state index contributed by atoms with van der Waals surface area (Å²) in [5.41, 5.74) is 1.92. The van der Waals surface area contributed by atoms with Crippen LogP contribution < -0.4 is 15.4 Å². The lowest BCUT2D eigenvalue weighted by molar-refractivity contribution is -0.131. The molecular weight excluding hydrogens is 504 g/mol. The lowest BCUT2D eigenvalue weighted by atomic mass is 9.93. The van der Waals surface area contributed by atoms with Crippen molar-refractivity contribution in [2.45, 2.75) is 76.0 Å². The number of piperidine rings is 1. The SMILES string of the molecule is COc1cc(C(=O)NC2CCN(C)CC2)ccc1NC12CC1C=C1C(=N2)N(C2CCCCC2)CC(C)C(=O)N1C. The molecule has 3 aliphatic heterocycles. The zero-order chi connectivity index (χ0) is 28.0. The van der Waals surface area contributed by atoms with Crippen LogP contribution in [0.25, 0.3) is 0 Å². The third-order valence-corrected chi connectivity index (χ3v) is 9.62. The molecule has 1 aromatic carbocycles. The Morgan fingerprint density at radius 3 is 2.58 bits per heavy atom. The number of fused-ring (bicyclic) bond motifs is 2. The number of anilines is 1. The molecule has 2 saturated heterocycles. The van der Waals surface area contributed by atoms with E-state index in [1.165, 1.54) is 19.3 Å². The summed E-state index contributed by atoms with van der Waals surface area (Å²) in [7, 11) is 5.66. The second-order valence-corrected chi connectivity index (χ2v) is 12.6. The Morgan fingerprint density at radius 1 is 1.10 bits per heavy atom. The summed E-state index contributed by atoms with van der Waals surface area (Å²) >= 11 is 0. The fraction of sp³-hybridized carbons (Fsp3) is 0.645. The van der Waals surface area contributed by atoms with Crippen molar-refractivity contribution in [3.63, 3.8) is 0 Å². The van der Waals surface area contributed by atoms with Crippen LogP contribution in [0.1, 0.15) is 68.6 Å². The molecule has 9 nitrogen and oxygen atoms in total. The number of dihydropyridines is 1. The molecule has 2 N–H and O–H groups in total. The lowest BCUT2D eigenvalue weighted by Crippen LogP contribution is -2.46. The van der Waals surface area contributed by atoms with Crippen LogP contribution in [0.3, 0.4) is 0 Å². The topological polar surface area (TPSA) is 89.5 Å². The number of benzene rings is 1. The summed E-state index contributed by atoms with van der Waals surface area (Å²) in [6.07, 6.45) is 11.1. The van der Waals surface area contributed by atoms with Crippen molar-refractivity contribution in [2.24, 2.45) is 16.8 Å². The van der Waals surface area contributed by atoms with Gasteiger partial charge in [-0.3, -0.25) is 9.59 Å². The van der Waals surface area contributed by atoms with Crippen LogP contribution in [0.2, 0.25) is 0 Å². The van der Waals surface area contributed by atoms with Crippen molar-refractivity contribution < 1.29 is 14.3 Å². The van der Waals surface area contributed by atoms with Gasteiger partial charge in [-0.15, -0.1) is 0 Å². The number of ether oxygens (including phenoxy) is 1. The number of likely N-dealkylation sites (N-methyl/N-ethyl adjacent to an activating group) is 1. The first-order valence-electron chi connectivity index (χ1n) is 15.1. The maximum absolute atomic E-state index is 13.2. The Hall–Kier alpha value is -3.07. The van der Waals surface area contributed by atoms with E-state index in [0.717, 1.165) is 62.4 Å². The molecule has 0 bridgehead atoms.